The number of benzene rings is 2. The Morgan fingerprint density at radius 3 is 2.50 bits per heavy atom. The molecule has 0 aliphatic rings. The molecule has 0 saturated heterocycles. The van der Waals surface area contributed by atoms with E-state index < -0.39 is 0 Å². The van der Waals surface area contributed by atoms with Crippen molar-refractivity contribution in [3.05, 3.63) is 57.6 Å². The van der Waals surface area contributed by atoms with Gasteiger partial charge in [-0.05, 0) is 29.8 Å². The molecule has 0 aromatic heterocycles. The average molecular weight is 313 g/mol. The fraction of sp³-hybridized carbons (Fsp3) is 0.200. The second kappa shape index (κ2) is 6.84. The van der Waals surface area contributed by atoms with Crippen molar-refractivity contribution in [2.24, 2.45) is 0 Å². The lowest BCUT2D eigenvalue weighted by Gasteiger charge is -2.12. The summed E-state index contributed by atoms with van der Waals surface area (Å²) < 4.78 is 10.9. The van der Waals surface area contributed by atoms with Crippen LogP contribution in [0.15, 0.2) is 36.4 Å². The zero-order valence-electron chi connectivity index (χ0n) is 10.9. The molecule has 0 atom stereocenters. The van der Waals surface area contributed by atoms with E-state index in [0.29, 0.717) is 33.7 Å². The quantitative estimate of drug-likeness (QED) is 0.904. The highest BCUT2D eigenvalue weighted by molar-refractivity contribution is 6.42. The molecule has 0 aliphatic heterocycles. The Balaban J connectivity index is 2.15. The van der Waals surface area contributed by atoms with Crippen LogP contribution in [0.1, 0.15) is 11.1 Å². The topological polar surface area (TPSA) is 38.7 Å². The summed E-state index contributed by atoms with van der Waals surface area (Å²) in [7, 11) is 1.58. The Labute approximate surface area is 127 Å². The van der Waals surface area contributed by atoms with Crippen LogP contribution in [-0.2, 0) is 13.2 Å². The van der Waals surface area contributed by atoms with Gasteiger partial charge >= 0.3 is 0 Å². The van der Waals surface area contributed by atoms with Crippen LogP contribution in [0.4, 0.5) is 0 Å². The van der Waals surface area contributed by atoms with Crippen LogP contribution in [0, 0.1) is 0 Å². The summed E-state index contributed by atoms with van der Waals surface area (Å²) >= 11 is 11.8. The van der Waals surface area contributed by atoms with Crippen molar-refractivity contribution in [2.45, 2.75) is 13.2 Å². The van der Waals surface area contributed by atoms with Crippen molar-refractivity contribution in [3.8, 4) is 11.5 Å². The minimum absolute atomic E-state index is 0.0965. The maximum Gasteiger partial charge on any atom is 0.129 e. The first-order valence-corrected chi connectivity index (χ1v) is 6.74. The third kappa shape index (κ3) is 3.57. The van der Waals surface area contributed by atoms with Gasteiger partial charge in [-0.1, -0.05) is 29.3 Å². The van der Waals surface area contributed by atoms with Crippen LogP contribution in [0.5, 0.6) is 11.5 Å². The molecule has 1 N–H and O–H groups in total. The van der Waals surface area contributed by atoms with Gasteiger partial charge in [0, 0.05) is 11.6 Å². The summed E-state index contributed by atoms with van der Waals surface area (Å²) in [5, 5.41) is 10.3. The molecule has 0 radical (unpaired) electrons. The van der Waals surface area contributed by atoms with Crippen LogP contribution in [0.25, 0.3) is 0 Å². The predicted molar refractivity (Wildman–Crippen MR) is 79.7 cm³/mol. The zero-order valence-corrected chi connectivity index (χ0v) is 12.4. The fourth-order valence-electron chi connectivity index (χ4n) is 1.72. The van der Waals surface area contributed by atoms with Gasteiger partial charge in [-0.2, -0.15) is 0 Å². The Morgan fingerprint density at radius 1 is 1.05 bits per heavy atom. The largest absolute Gasteiger partial charge is 0.497 e. The predicted octanol–water partition coefficient (Wildman–Crippen LogP) is 4.07. The molecule has 0 amide bonds. The lowest BCUT2D eigenvalue weighted by Crippen LogP contribution is -1.99. The van der Waals surface area contributed by atoms with E-state index >= 15 is 0 Å². The molecule has 3 nitrogen and oxygen atoms in total. The van der Waals surface area contributed by atoms with Gasteiger partial charge in [0.25, 0.3) is 0 Å². The normalized spacial score (nSPS) is 10.4. The SMILES string of the molecule is COc1ccc(CO)c(OCc2ccc(Cl)c(Cl)c2)c1. The van der Waals surface area contributed by atoms with Crippen molar-refractivity contribution in [1.82, 2.24) is 0 Å². The number of methoxy groups -OCH3 is 1. The maximum absolute atomic E-state index is 9.30. The van der Waals surface area contributed by atoms with Gasteiger partial charge in [-0.25, -0.2) is 0 Å². The molecule has 0 aliphatic carbocycles. The van der Waals surface area contributed by atoms with E-state index in [9.17, 15) is 5.11 Å². The molecule has 0 saturated carbocycles. The molecule has 0 bridgehead atoms. The number of hydrogen-bond donors (Lipinski definition) is 1. The molecule has 0 unspecified atom stereocenters. The standard InChI is InChI=1S/C15H14Cl2O3/c1-19-12-4-3-11(8-18)15(7-12)20-9-10-2-5-13(16)14(17)6-10/h2-7,18H,8-9H2,1H3. The summed E-state index contributed by atoms with van der Waals surface area (Å²) in [5.74, 6) is 1.25. The average Bonchev–Trinajstić information content (AvgIpc) is 2.48. The van der Waals surface area contributed by atoms with Crippen molar-refractivity contribution in [1.29, 1.82) is 0 Å². The lowest BCUT2D eigenvalue weighted by atomic mass is 10.2. The molecule has 0 heterocycles. The van der Waals surface area contributed by atoms with Gasteiger partial charge in [0.1, 0.15) is 18.1 Å². The maximum atomic E-state index is 9.30. The Hall–Kier alpha value is -1.42. The van der Waals surface area contributed by atoms with Crippen LogP contribution in [0.2, 0.25) is 10.0 Å². The van der Waals surface area contributed by atoms with Crippen LogP contribution < -0.4 is 9.47 Å². The van der Waals surface area contributed by atoms with Crippen LogP contribution in [0.3, 0.4) is 0 Å². The minimum atomic E-state index is -0.0965. The number of ether oxygens (including phenoxy) is 2. The molecule has 20 heavy (non-hydrogen) atoms. The highest BCUT2D eigenvalue weighted by Crippen LogP contribution is 2.27. The molecule has 0 spiro atoms. The van der Waals surface area contributed by atoms with E-state index in [0.717, 1.165) is 5.56 Å². The molecular weight excluding hydrogens is 299 g/mol. The molecule has 0 fully saturated rings. The van der Waals surface area contributed by atoms with Gasteiger partial charge in [-0.15, -0.1) is 0 Å². The smallest absolute Gasteiger partial charge is 0.129 e. The Bertz CT molecular complexity index is 600. The monoisotopic (exact) mass is 312 g/mol. The van der Waals surface area contributed by atoms with E-state index in [2.05, 4.69) is 0 Å². The number of halogens is 2. The van der Waals surface area contributed by atoms with Crippen molar-refractivity contribution in [2.75, 3.05) is 7.11 Å². The molecule has 2 aromatic carbocycles. The van der Waals surface area contributed by atoms with Crippen molar-refractivity contribution < 1.29 is 14.6 Å². The molecule has 2 rings (SSSR count). The summed E-state index contributed by atoms with van der Waals surface area (Å²) in [6, 6.07) is 10.6. The summed E-state index contributed by atoms with van der Waals surface area (Å²) in [6.45, 7) is 0.234. The molecule has 106 valence electrons. The summed E-state index contributed by atoms with van der Waals surface area (Å²) in [6.07, 6.45) is 0. The number of aliphatic hydroxyl groups excluding tert-OH is 1. The highest BCUT2D eigenvalue weighted by Gasteiger charge is 2.06. The van der Waals surface area contributed by atoms with Gasteiger partial charge in [0.15, 0.2) is 0 Å². The van der Waals surface area contributed by atoms with Crippen molar-refractivity contribution >= 4 is 23.2 Å². The first-order chi connectivity index (χ1) is 9.63. The first kappa shape index (κ1) is 15.0. The minimum Gasteiger partial charge on any atom is -0.497 e. The van der Waals surface area contributed by atoms with Gasteiger partial charge in [0.2, 0.25) is 0 Å². The van der Waals surface area contributed by atoms with Crippen LogP contribution in [-0.4, -0.2) is 12.2 Å². The lowest BCUT2D eigenvalue weighted by molar-refractivity contribution is 0.258. The summed E-state index contributed by atoms with van der Waals surface area (Å²) in [5.41, 5.74) is 1.59. The second-order valence-electron chi connectivity index (χ2n) is 4.17. The number of aliphatic hydroxyl groups is 1. The molecule has 5 heteroatoms. The van der Waals surface area contributed by atoms with Gasteiger partial charge < -0.3 is 14.6 Å². The van der Waals surface area contributed by atoms with E-state index in [-0.39, 0.29) is 6.61 Å². The first-order valence-electron chi connectivity index (χ1n) is 5.98. The number of hydrogen-bond acceptors (Lipinski definition) is 3. The van der Waals surface area contributed by atoms with Gasteiger partial charge in [0.05, 0.1) is 23.8 Å². The zero-order chi connectivity index (χ0) is 14.5. The van der Waals surface area contributed by atoms with Crippen molar-refractivity contribution in [3.63, 3.8) is 0 Å². The van der Waals surface area contributed by atoms with E-state index in [1.54, 1.807) is 37.4 Å². The van der Waals surface area contributed by atoms with Gasteiger partial charge in [-0.3, -0.25) is 0 Å². The van der Waals surface area contributed by atoms with E-state index in [1.165, 1.54) is 0 Å². The molecule has 2 aromatic rings. The van der Waals surface area contributed by atoms with E-state index in [4.69, 9.17) is 32.7 Å². The Morgan fingerprint density at radius 2 is 1.85 bits per heavy atom. The third-order valence-corrected chi connectivity index (χ3v) is 3.56. The fourth-order valence-corrected chi connectivity index (χ4v) is 2.04. The highest BCUT2D eigenvalue weighted by atomic mass is 35.5. The Kier molecular flexibility index (Phi) is 5.12. The second-order valence-corrected chi connectivity index (χ2v) is 4.98. The van der Waals surface area contributed by atoms with Crippen LogP contribution >= 0.6 is 23.2 Å². The third-order valence-electron chi connectivity index (χ3n) is 2.82. The van der Waals surface area contributed by atoms with E-state index in [1.807, 2.05) is 6.07 Å². The molecular formula is C15H14Cl2O3. The number of rotatable bonds is 5. The summed E-state index contributed by atoms with van der Waals surface area (Å²) in [4.78, 5) is 0.